The van der Waals surface area contributed by atoms with Crippen molar-refractivity contribution in [2.75, 3.05) is 12.4 Å². The zero-order valence-corrected chi connectivity index (χ0v) is 19.0. The third-order valence-corrected chi connectivity index (χ3v) is 6.69. The van der Waals surface area contributed by atoms with Gasteiger partial charge in [0.05, 0.1) is 23.4 Å². The Bertz CT molecular complexity index is 1390. The number of aromatic nitrogens is 2. The summed E-state index contributed by atoms with van der Waals surface area (Å²) >= 11 is 8.43. The third kappa shape index (κ3) is 4.28. The van der Waals surface area contributed by atoms with Crippen molar-refractivity contribution in [1.29, 1.82) is 0 Å². The molecule has 0 aliphatic rings. The van der Waals surface area contributed by atoms with Crippen molar-refractivity contribution in [2.24, 2.45) is 0 Å². The second-order valence-corrected chi connectivity index (χ2v) is 9.06. The lowest BCUT2D eigenvalue weighted by Gasteiger charge is -2.12. The van der Waals surface area contributed by atoms with Gasteiger partial charge in [-0.25, -0.2) is 13.8 Å². The van der Waals surface area contributed by atoms with E-state index in [0.717, 1.165) is 23.1 Å². The fraction of sp³-hybridized carbons (Fsp3) is 0.136. The minimum atomic E-state index is -0.548. The van der Waals surface area contributed by atoms with Gasteiger partial charge in [-0.2, -0.15) is 0 Å². The van der Waals surface area contributed by atoms with E-state index < -0.39 is 23.2 Å². The number of ether oxygens (including phenoxy) is 1. The maximum absolute atomic E-state index is 14.5. The smallest absolute Gasteiger partial charge is 0.316 e. The topological polar surface area (TPSA) is 61.2 Å². The molecule has 0 aliphatic heterocycles. The molecule has 0 aliphatic carbocycles. The van der Waals surface area contributed by atoms with Crippen LogP contribution in [0.4, 0.5) is 8.78 Å². The van der Waals surface area contributed by atoms with Crippen LogP contribution in [-0.4, -0.2) is 27.9 Å². The average molecular weight is 493 g/mol. The van der Waals surface area contributed by atoms with Crippen molar-refractivity contribution in [3.05, 3.63) is 74.9 Å². The number of fused-ring (bicyclic) bond motifs is 1. The van der Waals surface area contributed by atoms with Gasteiger partial charge in [-0.15, -0.1) is 11.3 Å². The minimum Gasteiger partial charge on any atom is -0.465 e. The number of carbonyl (C=O) groups is 1. The summed E-state index contributed by atoms with van der Waals surface area (Å²) in [6, 6.07) is 11.4. The molecule has 2 heterocycles. The predicted molar refractivity (Wildman–Crippen MR) is 123 cm³/mol. The zero-order valence-electron chi connectivity index (χ0n) is 16.6. The summed E-state index contributed by atoms with van der Waals surface area (Å²) in [4.78, 5) is 30.3. The average Bonchev–Trinajstić information content (AvgIpc) is 3.09. The van der Waals surface area contributed by atoms with E-state index in [9.17, 15) is 18.4 Å². The van der Waals surface area contributed by atoms with Gasteiger partial charge in [-0.1, -0.05) is 47.6 Å². The van der Waals surface area contributed by atoms with Crippen LogP contribution < -0.4 is 5.56 Å². The number of hydrogen-bond donors (Lipinski definition) is 0. The van der Waals surface area contributed by atoms with E-state index in [-0.39, 0.29) is 48.9 Å². The third-order valence-electron chi connectivity index (χ3n) is 4.49. The van der Waals surface area contributed by atoms with Crippen LogP contribution in [-0.2, 0) is 9.53 Å². The highest BCUT2D eigenvalue weighted by molar-refractivity contribution is 7.99. The maximum atomic E-state index is 14.5. The SMILES string of the molecule is CCOC(=O)CSc1nc2sc(Cl)c(-c3ccccc3F)c2c(=O)n1-c1cccc(F)c1. The molecule has 0 N–H and O–H groups in total. The molecular formula is C22H15ClF2N2O3S2. The highest BCUT2D eigenvalue weighted by Crippen LogP contribution is 2.41. The largest absolute Gasteiger partial charge is 0.465 e. The standard InChI is InChI=1S/C22H15ClF2N2O3S2/c1-2-30-16(28)11-31-22-26-20-18(21(29)27(22)13-7-5-6-12(24)10-13)17(19(23)32-20)14-8-3-4-9-15(14)25/h3-10H,2,11H2,1H3. The molecule has 0 spiro atoms. The zero-order chi connectivity index (χ0) is 22.8. The number of esters is 1. The molecule has 10 heteroatoms. The molecule has 0 atom stereocenters. The van der Waals surface area contributed by atoms with Crippen LogP contribution in [0.25, 0.3) is 27.0 Å². The number of halogens is 3. The number of hydrogen-bond acceptors (Lipinski definition) is 6. The first-order chi connectivity index (χ1) is 15.4. The van der Waals surface area contributed by atoms with Crippen molar-refractivity contribution < 1.29 is 18.3 Å². The summed E-state index contributed by atoms with van der Waals surface area (Å²) in [5.41, 5.74) is 0.0701. The molecule has 4 rings (SSSR count). The van der Waals surface area contributed by atoms with Crippen LogP contribution in [0.5, 0.6) is 0 Å². The molecule has 0 unspecified atom stereocenters. The monoisotopic (exact) mass is 492 g/mol. The molecule has 0 saturated carbocycles. The second kappa shape index (κ2) is 9.40. The molecule has 0 radical (unpaired) electrons. The summed E-state index contributed by atoms with van der Waals surface area (Å²) in [5, 5.41) is 0.286. The maximum Gasteiger partial charge on any atom is 0.316 e. The molecular weight excluding hydrogens is 478 g/mol. The van der Waals surface area contributed by atoms with Gasteiger partial charge >= 0.3 is 5.97 Å². The number of benzene rings is 2. The van der Waals surface area contributed by atoms with Gasteiger partial charge in [-0.05, 0) is 31.2 Å². The van der Waals surface area contributed by atoms with Crippen molar-refractivity contribution >= 4 is 50.9 Å². The molecule has 0 amide bonds. The fourth-order valence-corrected chi connectivity index (χ4v) is 5.36. The van der Waals surface area contributed by atoms with Gasteiger partial charge in [0, 0.05) is 11.1 Å². The molecule has 164 valence electrons. The first-order valence-corrected chi connectivity index (χ1v) is 11.6. The Labute approximate surface area is 194 Å². The summed E-state index contributed by atoms with van der Waals surface area (Å²) < 4.78 is 34.8. The lowest BCUT2D eigenvalue weighted by Crippen LogP contribution is -2.22. The summed E-state index contributed by atoms with van der Waals surface area (Å²) in [6.45, 7) is 1.91. The van der Waals surface area contributed by atoms with Crippen molar-refractivity contribution in [3.8, 4) is 16.8 Å². The highest BCUT2D eigenvalue weighted by atomic mass is 35.5. The molecule has 0 saturated heterocycles. The van der Waals surface area contributed by atoms with E-state index in [1.807, 2.05) is 0 Å². The van der Waals surface area contributed by atoms with E-state index in [1.54, 1.807) is 19.1 Å². The Morgan fingerprint density at radius 1 is 1.22 bits per heavy atom. The number of carbonyl (C=O) groups excluding carboxylic acids is 1. The molecule has 2 aromatic carbocycles. The number of nitrogens with zero attached hydrogens (tertiary/aromatic N) is 2. The van der Waals surface area contributed by atoms with Gasteiger partial charge < -0.3 is 4.74 Å². The molecule has 32 heavy (non-hydrogen) atoms. The number of rotatable bonds is 6. The van der Waals surface area contributed by atoms with Crippen LogP contribution in [0.2, 0.25) is 4.34 Å². The quantitative estimate of drug-likeness (QED) is 0.196. The summed E-state index contributed by atoms with van der Waals surface area (Å²) in [6.07, 6.45) is 0. The van der Waals surface area contributed by atoms with Crippen molar-refractivity contribution in [1.82, 2.24) is 9.55 Å². The fourth-order valence-electron chi connectivity index (χ4n) is 3.18. The van der Waals surface area contributed by atoms with Crippen molar-refractivity contribution in [3.63, 3.8) is 0 Å². The van der Waals surface area contributed by atoms with Crippen LogP contribution in [0.15, 0.2) is 58.5 Å². The Hall–Kier alpha value is -2.75. The van der Waals surface area contributed by atoms with Crippen LogP contribution in [0.3, 0.4) is 0 Å². The number of thiophene rings is 1. The highest BCUT2D eigenvalue weighted by Gasteiger charge is 2.24. The summed E-state index contributed by atoms with van der Waals surface area (Å²) in [7, 11) is 0. The Kier molecular flexibility index (Phi) is 6.59. The Morgan fingerprint density at radius 3 is 2.72 bits per heavy atom. The molecule has 0 bridgehead atoms. The van der Waals surface area contributed by atoms with E-state index in [0.29, 0.717) is 0 Å². The van der Waals surface area contributed by atoms with Crippen molar-refractivity contribution in [2.45, 2.75) is 12.1 Å². The normalized spacial score (nSPS) is 11.1. The summed E-state index contributed by atoms with van der Waals surface area (Å²) in [5.74, 6) is -1.66. The van der Waals surface area contributed by atoms with Crippen LogP contribution >= 0.6 is 34.7 Å². The van der Waals surface area contributed by atoms with E-state index in [2.05, 4.69) is 4.98 Å². The first-order valence-electron chi connectivity index (χ1n) is 9.45. The van der Waals surface area contributed by atoms with E-state index >= 15 is 0 Å². The van der Waals surface area contributed by atoms with Crippen LogP contribution in [0.1, 0.15) is 6.92 Å². The molecule has 0 fully saturated rings. The number of thioether (sulfide) groups is 1. The minimum absolute atomic E-state index is 0.0968. The Morgan fingerprint density at radius 2 is 2.00 bits per heavy atom. The lowest BCUT2D eigenvalue weighted by molar-refractivity contribution is -0.139. The van der Waals surface area contributed by atoms with Gasteiger partial charge in [0.15, 0.2) is 5.16 Å². The van der Waals surface area contributed by atoms with Gasteiger partial charge in [-0.3, -0.25) is 14.2 Å². The van der Waals surface area contributed by atoms with E-state index in [1.165, 1.54) is 41.0 Å². The molecule has 2 aromatic heterocycles. The second-order valence-electron chi connectivity index (χ2n) is 6.52. The lowest BCUT2D eigenvalue weighted by atomic mass is 10.1. The Balaban J connectivity index is 1.98. The van der Waals surface area contributed by atoms with Crippen LogP contribution in [0, 0.1) is 11.6 Å². The predicted octanol–water partition coefficient (Wildman–Crippen LogP) is 5.70. The van der Waals surface area contributed by atoms with Gasteiger partial charge in [0.1, 0.15) is 20.8 Å². The molecule has 5 nitrogen and oxygen atoms in total. The first kappa shape index (κ1) is 22.4. The van der Waals surface area contributed by atoms with Gasteiger partial charge in [0.25, 0.3) is 5.56 Å². The van der Waals surface area contributed by atoms with Gasteiger partial charge in [0.2, 0.25) is 0 Å². The van der Waals surface area contributed by atoms with E-state index in [4.69, 9.17) is 16.3 Å². The molecule has 4 aromatic rings.